The van der Waals surface area contributed by atoms with E-state index in [4.69, 9.17) is 11.6 Å². The molecule has 0 atom stereocenters. The Hall–Kier alpha value is -2.63. The summed E-state index contributed by atoms with van der Waals surface area (Å²) in [6.45, 7) is 0. The van der Waals surface area contributed by atoms with E-state index in [0.717, 1.165) is 21.9 Å². The van der Waals surface area contributed by atoms with Crippen LogP contribution in [-0.4, -0.2) is 15.3 Å². The highest BCUT2D eigenvalue weighted by molar-refractivity contribution is 7.15. The van der Waals surface area contributed by atoms with Crippen LogP contribution in [0.2, 0.25) is 5.02 Å². The molecule has 0 unspecified atom stereocenters. The first-order chi connectivity index (χ1) is 11.7. The highest BCUT2D eigenvalue weighted by atomic mass is 35.5. The minimum Gasteiger partial charge on any atom is -0.322 e. The van der Waals surface area contributed by atoms with E-state index in [-0.39, 0.29) is 5.91 Å². The maximum absolute atomic E-state index is 12.2. The fourth-order valence-electron chi connectivity index (χ4n) is 2.40. The molecule has 0 aliphatic carbocycles. The lowest BCUT2D eigenvalue weighted by Gasteiger charge is -2.06. The summed E-state index contributed by atoms with van der Waals surface area (Å²) in [7, 11) is 0. The van der Waals surface area contributed by atoms with Crippen molar-refractivity contribution in [2.24, 2.45) is 0 Å². The molecule has 2 aromatic heterocycles. The topological polar surface area (TPSA) is 46.4 Å². The van der Waals surface area contributed by atoms with Crippen molar-refractivity contribution in [2.45, 2.75) is 0 Å². The molecule has 118 valence electrons. The summed E-state index contributed by atoms with van der Waals surface area (Å²) in [6, 6.07) is 14.4. The largest absolute Gasteiger partial charge is 0.322 e. The number of nitrogens with zero attached hydrogens (tertiary/aromatic N) is 2. The summed E-state index contributed by atoms with van der Waals surface area (Å²) in [6.07, 6.45) is 3.98. The van der Waals surface area contributed by atoms with E-state index in [1.807, 2.05) is 46.4 Å². The van der Waals surface area contributed by atoms with E-state index >= 15 is 0 Å². The van der Waals surface area contributed by atoms with Gasteiger partial charge in [0.1, 0.15) is 0 Å². The third-order valence-electron chi connectivity index (χ3n) is 3.64. The number of hydrogen-bond acceptors (Lipinski definition) is 3. The molecule has 0 fully saturated rings. The monoisotopic (exact) mass is 353 g/mol. The Morgan fingerprint density at radius 1 is 1.08 bits per heavy atom. The molecular weight excluding hydrogens is 342 g/mol. The van der Waals surface area contributed by atoms with Crippen LogP contribution in [0.4, 0.5) is 5.69 Å². The zero-order chi connectivity index (χ0) is 16.5. The van der Waals surface area contributed by atoms with Gasteiger partial charge < -0.3 is 5.32 Å². The summed E-state index contributed by atoms with van der Waals surface area (Å²) in [5.74, 6) is -0.165. The first-order valence-corrected chi connectivity index (χ1v) is 8.54. The van der Waals surface area contributed by atoms with Gasteiger partial charge in [0.15, 0.2) is 4.96 Å². The van der Waals surface area contributed by atoms with Crippen LogP contribution < -0.4 is 5.32 Å². The van der Waals surface area contributed by atoms with E-state index in [2.05, 4.69) is 10.3 Å². The molecule has 0 bridgehead atoms. The number of imidazole rings is 1. The van der Waals surface area contributed by atoms with Crippen molar-refractivity contribution in [3.05, 3.63) is 76.9 Å². The standard InChI is InChI=1S/C18H12ClN3OS/c19-14-5-1-13(2-6-14)17(23)20-15-7-3-12(4-8-15)16-11-22-9-10-24-18(22)21-16/h1-11H,(H,20,23). The first kappa shape index (κ1) is 14.9. The van der Waals surface area contributed by atoms with Gasteiger partial charge in [-0.25, -0.2) is 4.98 Å². The number of hydrogen-bond donors (Lipinski definition) is 1. The SMILES string of the molecule is O=C(Nc1ccc(-c2cn3ccsc3n2)cc1)c1ccc(Cl)cc1. The Kier molecular flexibility index (Phi) is 3.80. The molecule has 2 aromatic carbocycles. The summed E-state index contributed by atoms with van der Waals surface area (Å²) >= 11 is 7.43. The zero-order valence-corrected chi connectivity index (χ0v) is 14.0. The molecule has 4 nitrogen and oxygen atoms in total. The second kappa shape index (κ2) is 6.11. The van der Waals surface area contributed by atoms with Crippen LogP contribution in [0.3, 0.4) is 0 Å². The number of rotatable bonds is 3. The molecule has 0 aliphatic rings. The molecule has 4 rings (SSSR count). The molecule has 24 heavy (non-hydrogen) atoms. The number of nitrogens with one attached hydrogen (secondary N) is 1. The van der Waals surface area contributed by atoms with Crippen molar-refractivity contribution in [3.63, 3.8) is 0 Å². The lowest BCUT2D eigenvalue weighted by atomic mass is 10.1. The van der Waals surface area contributed by atoms with Crippen LogP contribution in [-0.2, 0) is 0 Å². The average molecular weight is 354 g/mol. The Morgan fingerprint density at radius 3 is 2.54 bits per heavy atom. The number of aromatic nitrogens is 2. The molecule has 0 radical (unpaired) electrons. The predicted octanol–water partition coefficient (Wildman–Crippen LogP) is 4.97. The molecule has 0 saturated heterocycles. The predicted molar refractivity (Wildman–Crippen MR) is 97.9 cm³/mol. The Morgan fingerprint density at radius 2 is 1.83 bits per heavy atom. The van der Waals surface area contributed by atoms with Gasteiger partial charge in [0.2, 0.25) is 0 Å². The van der Waals surface area contributed by atoms with Crippen LogP contribution in [0.5, 0.6) is 0 Å². The number of halogens is 1. The van der Waals surface area contributed by atoms with Gasteiger partial charge in [-0.2, -0.15) is 0 Å². The summed E-state index contributed by atoms with van der Waals surface area (Å²) in [5.41, 5.74) is 3.23. The number of fused-ring (bicyclic) bond motifs is 1. The summed E-state index contributed by atoms with van der Waals surface area (Å²) in [4.78, 5) is 17.7. The normalized spacial score (nSPS) is 10.9. The van der Waals surface area contributed by atoms with Gasteiger partial charge >= 0.3 is 0 Å². The van der Waals surface area contributed by atoms with Crippen LogP contribution in [0.1, 0.15) is 10.4 Å². The van der Waals surface area contributed by atoms with Gasteiger partial charge in [0.25, 0.3) is 5.91 Å². The molecule has 0 aliphatic heterocycles. The second-order valence-corrected chi connectivity index (χ2v) is 6.57. The molecule has 1 amide bonds. The lowest BCUT2D eigenvalue weighted by Crippen LogP contribution is -2.11. The zero-order valence-electron chi connectivity index (χ0n) is 12.4. The van der Waals surface area contributed by atoms with Gasteiger partial charge in [-0.15, -0.1) is 11.3 Å². The van der Waals surface area contributed by atoms with Gasteiger partial charge in [0, 0.05) is 39.6 Å². The molecule has 6 heteroatoms. The van der Waals surface area contributed by atoms with Gasteiger partial charge in [-0.3, -0.25) is 9.20 Å². The number of carbonyl (C=O) groups excluding carboxylic acids is 1. The van der Waals surface area contributed by atoms with Gasteiger partial charge in [0.05, 0.1) is 5.69 Å². The van der Waals surface area contributed by atoms with Crippen molar-refractivity contribution in [1.82, 2.24) is 9.38 Å². The van der Waals surface area contributed by atoms with Gasteiger partial charge in [-0.05, 0) is 36.4 Å². The second-order valence-electron chi connectivity index (χ2n) is 5.26. The summed E-state index contributed by atoms with van der Waals surface area (Å²) < 4.78 is 2.00. The third kappa shape index (κ3) is 2.91. The number of anilines is 1. The van der Waals surface area contributed by atoms with E-state index < -0.39 is 0 Å². The maximum Gasteiger partial charge on any atom is 0.255 e. The number of benzene rings is 2. The minimum atomic E-state index is -0.165. The van der Waals surface area contributed by atoms with Crippen LogP contribution in [0, 0.1) is 0 Å². The molecule has 0 spiro atoms. The van der Waals surface area contributed by atoms with E-state index in [0.29, 0.717) is 10.6 Å². The fourth-order valence-corrected chi connectivity index (χ4v) is 3.22. The molecule has 2 heterocycles. The van der Waals surface area contributed by atoms with Crippen molar-refractivity contribution in [2.75, 3.05) is 5.32 Å². The van der Waals surface area contributed by atoms with Crippen LogP contribution >= 0.6 is 22.9 Å². The quantitative estimate of drug-likeness (QED) is 0.565. The Balaban J connectivity index is 1.52. The van der Waals surface area contributed by atoms with Crippen molar-refractivity contribution in [3.8, 4) is 11.3 Å². The van der Waals surface area contributed by atoms with Crippen LogP contribution in [0.15, 0.2) is 66.3 Å². The number of amides is 1. The van der Waals surface area contributed by atoms with Crippen molar-refractivity contribution in [1.29, 1.82) is 0 Å². The Labute approximate surface area is 147 Å². The van der Waals surface area contributed by atoms with E-state index in [1.54, 1.807) is 35.6 Å². The molecule has 1 N–H and O–H groups in total. The molecular formula is C18H12ClN3OS. The Bertz CT molecular complexity index is 974. The smallest absolute Gasteiger partial charge is 0.255 e. The lowest BCUT2D eigenvalue weighted by molar-refractivity contribution is 0.102. The van der Waals surface area contributed by atoms with E-state index in [9.17, 15) is 4.79 Å². The summed E-state index contributed by atoms with van der Waals surface area (Å²) in [5, 5.41) is 5.48. The number of thiazole rings is 1. The highest BCUT2D eigenvalue weighted by Crippen LogP contribution is 2.23. The minimum absolute atomic E-state index is 0.165. The van der Waals surface area contributed by atoms with Crippen LogP contribution in [0.25, 0.3) is 16.2 Å². The third-order valence-corrected chi connectivity index (χ3v) is 4.66. The highest BCUT2D eigenvalue weighted by Gasteiger charge is 2.08. The first-order valence-electron chi connectivity index (χ1n) is 7.28. The maximum atomic E-state index is 12.2. The van der Waals surface area contributed by atoms with Gasteiger partial charge in [-0.1, -0.05) is 23.7 Å². The number of carbonyl (C=O) groups is 1. The molecule has 0 saturated carbocycles. The average Bonchev–Trinajstić information content (AvgIpc) is 3.18. The van der Waals surface area contributed by atoms with Crippen molar-refractivity contribution >= 4 is 39.5 Å². The van der Waals surface area contributed by atoms with E-state index in [1.165, 1.54) is 0 Å². The fraction of sp³-hybridized carbons (Fsp3) is 0. The van der Waals surface area contributed by atoms with Crippen molar-refractivity contribution < 1.29 is 4.79 Å². The molecule has 4 aromatic rings.